The number of benzene rings is 2. The molecule has 0 saturated heterocycles. The van der Waals surface area contributed by atoms with Crippen LogP contribution in [0.4, 0.5) is 11.4 Å². The van der Waals surface area contributed by atoms with Crippen LogP contribution in [0.1, 0.15) is 28.9 Å². The van der Waals surface area contributed by atoms with Crippen molar-refractivity contribution in [3.8, 4) is 5.69 Å². The van der Waals surface area contributed by atoms with Gasteiger partial charge in [0.1, 0.15) is 0 Å². The molecule has 1 N–H and O–H groups in total. The van der Waals surface area contributed by atoms with E-state index >= 15 is 0 Å². The number of carbonyl (C=O) groups is 1. The van der Waals surface area contributed by atoms with Gasteiger partial charge in [-0.1, -0.05) is 30.3 Å². The van der Waals surface area contributed by atoms with Gasteiger partial charge in [-0.15, -0.1) is 0 Å². The van der Waals surface area contributed by atoms with Gasteiger partial charge in [0.2, 0.25) is 5.91 Å². The van der Waals surface area contributed by atoms with E-state index in [1.54, 1.807) is 0 Å². The second-order valence-electron chi connectivity index (χ2n) is 7.30. The second-order valence-corrected chi connectivity index (χ2v) is 7.30. The fourth-order valence-corrected chi connectivity index (χ4v) is 3.37. The van der Waals surface area contributed by atoms with E-state index in [1.165, 1.54) is 11.1 Å². The number of para-hydroxylation sites is 1. The molecule has 146 valence electrons. The normalized spacial score (nSPS) is 10.8. The molecule has 1 heterocycles. The molecule has 0 radical (unpaired) electrons. The Morgan fingerprint density at radius 3 is 2.50 bits per heavy atom. The molecular formula is C23H28N4O. The number of hydrogen-bond acceptors (Lipinski definition) is 3. The lowest BCUT2D eigenvalue weighted by atomic mass is 10.1. The Bertz CT molecular complexity index is 976. The first-order valence-corrected chi connectivity index (χ1v) is 9.56. The van der Waals surface area contributed by atoms with Gasteiger partial charge in [-0.2, -0.15) is 5.10 Å². The predicted octanol–water partition coefficient (Wildman–Crippen LogP) is 4.57. The molecule has 1 amide bonds. The number of amides is 1. The van der Waals surface area contributed by atoms with Crippen LogP contribution >= 0.6 is 0 Å². The quantitative estimate of drug-likeness (QED) is 0.685. The number of carbonyl (C=O) groups excluding carboxylic acids is 1. The maximum absolute atomic E-state index is 12.6. The summed E-state index contributed by atoms with van der Waals surface area (Å²) in [5, 5.41) is 7.64. The molecule has 2 aromatic carbocycles. The van der Waals surface area contributed by atoms with Crippen LogP contribution in [-0.4, -0.2) is 29.3 Å². The van der Waals surface area contributed by atoms with E-state index in [1.807, 2.05) is 55.9 Å². The largest absolute Gasteiger partial charge is 0.374 e. The third kappa shape index (κ3) is 4.25. The first-order valence-electron chi connectivity index (χ1n) is 9.56. The van der Waals surface area contributed by atoms with Crippen LogP contribution in [0.3, 0.4) is 0 Å². The Labute approximate surface area is 167 Å². The van der Waals surface area contributed by atoms with Gasteiger partial charge >= 0.3 is 0 Å². The summed E-state index contributed by atoms with van der Waals surface area (Å²) in [6, 6.07) is 16.3. The topological polar surface area (TPSA) is 50.2 Å². The molecule has 0 spiro atoms. The molecule has 0 atom stereocenters. The summed E-state index contributed by atoms with van der Waals surface area (Å²) >= 11 is 0. The number of anilines is 2. The Hall–Kier alpha value is -3.08. The average Bonchev–Trinajstić information content (AvgIpc) is 2.97. The van der Waals surface area contributed by atoms with E-state index in [4.69, 9.17) is 0 Å². The van der Waals surface area contributed by atoms with Crippen molar-refractivity contribution >= 4 is 17.3 Å². The Morgan fingerprint density at radius 1 is 1.07 bits per heavy atom. The van der Waals surface area contributed by atoms with Gasteiger partial charge in [0, 0.05) is 25.7 Å². The van der Waals surface area contributed by atoms with Crippen molar-refractivity contribution in [2.45, 2.75) is 34.1 Å². The van der Waals surface area contributed by atoms with Crippen molar-refractivity contribution in [3.63, 3.8) is 0 Å². The highest BCUT2D eigenvalue weighted by atomic mass is 16.1. The van der Waals surface area contributed by atoms with Gasteiger partial charge in [0.25, 0.3) is 0 Å². The molecule has 0 aliphatic carbocycles. The molecule has 5 nitrogen and oxygen atoms in total. The fraction of sp³-hybridized carbons (Fsp3) is 0.304. The van der Waals surface area contributed by atoms with Crippen molar-refractivity contribution in [3.05, 3.63) is 71.0 Å². The zero-order valence-corrected chi connectivity index (χ0v) is 17.3. The van der Waals surface area contributed by atoms with Crippen LogP contribution in [0, 0.1) is 27.7 Å². The number of aryl methyl sites for hydroxylation is 3. The molecule has 0 saturated carbocycles. The Balaban J connectivity index is 1.67. The van der Waals surface area contributed by atoms with Crippen molar-refractivity contribution in [1.29, 1.82) is 0 Å². The van der Waals surface area contributed by atoms with Gasteiger partial charge < -0.3 is 10.2 Å². The standard InChI is InChI=1S/C23H28N4O/c1-16-11-12-17(2)21(15-16)26(5)14-13-22(28)24-23-18(3)25-27(19(23)4)20-9-7-6-8-10-20/h6-12,15H,13-14H2,1-5H3,(H,24,28). The molecule has 0 unspecified atom stereocenters. The van der Waals surface area contributed by atoms with Crippen LogP contribution in [0.5, 0.6) is 0 Å². The van der Waals surface area contributed by atoms with Gasteiger partial charge in [-0.3, -0.25) is 4.79 Å². The van der Waals surface area contributed by atoms with Gasteiger partial charge in [0.15, 0.2) is 0 Å². The van der Waals surface area contributed by atoms with E-state index in [0.29, 0.717) is 13.0 Å². The summed E-state index contributed by atoms with van der Waals surface area (Å²) in [6.07, 6.45) is 0.416. The molecular weight excluding hydrogens is 348 g/mol. The lowest BCUT2D eigenvalue weighted by molar-refractivity contribution is -0.116. The van der Waals surface area contributed by atoms with E-state index in [2.05, 4.69) is 47.4 Å². The van der Waals surface area contributed by atoms with Crippen LogP contribution < -0.4 is 10.2 Å². The first kappa shape index (κ1) is 19.7. The molecule has 0 fully saturated rings. The number of aromatic nitrogens is 2. The van der Waals surface area contributed by atoms with Crippen molar-refractivity contribution in [1.82, 2.24) is 9.78 Å². The van der Waals surface area contributed by atoms with E-state index in [-0.39, 0.29) is 5.91 Å². The zero-order valence-electron chi connectivity index (χ0n) is 17.3. The molecule has 0 bridgehead atoms. The molecule has 1 aromatic heterocycles. The zero-order chi connectivity index (χ0) is 20.3. The fourth-order valence-electron chi connectivity index (χ4n) is 3.37. The first-order chi connectivity index (χ1) is 13.4. The van der Waals surface area contributed by atoms with Gasteiger partial charge in [-0.25, -0.2) is 4.68 Å². The molecule has 0 aliphatic rings. The van der Waals surface area contributed by atoms with Crippen LogP contribution in [-0.2, 0) is 4.79 Å². The molecule has 3 aromatic rings. The number of rotatable bonds is 6. The SMILES string of the molecule is Cc1ccc(C)c(N(C)CCC(=O)Nc2c(C)nn(-c3ccccc3)c2C)c1. The third-order valence-corrected chi connectivity index (χ3v) is 5.01. The third-order valence-electron chi connectivity index (χ3n) is 5.01. The van der Waals surface area contributed by atoms with Crippen LogP contribution in [0.15, 0.2) is 48.5 Å². The monoisotopic (exact) mass is 376 g/mol. The number of nitrogens with zero attached hydrogens (tertiary/aromatic N) is 3. The second kappa shape index (κ2) is 8.30. The van der Waals surface area contributed by atoms with Crippen LogP contribution in [0.25, 0.3) is 5.69 Å². The average molecular weight is 377 g/mol. The lowest BCUT2D eigenvalue weighted by Gasteiger charge is -2.21. The minimum Gasteiger partial charge on any atom is -0.374 e. The smallest absolute Gasteiger partial charge is 0.226 e. The number of hydrogen-bond donors (Lipinski definition) is 1. The highest BCUT2D eigenvalue weighted by molar-refractivity contribution is 5.92. The Morgan fingerprint density at radius 2 is 1.79 bits per heavy atom. The maximum atomic E-state index is 12.6. The van der Waals surface area contributed by atoms with Gasteiger partial charge in [0.05, 0.1) is 22.8 Å². The van der Waals surface area contributed by atoms with Crippen molar-refractivity contribution in [2.75, 3.05) is 23.8 Å². The Kier molecular flexibility index (Phi) is 5.83. The highest BCUT2D eigenvalue weighted by Crippen LogP contribution is 2.23. The van der Waals surface area contributed by atoms with Crippen molar-refractivity contribution in [2.24, 2.45) is 0 Å². The van der Waals surface area contributed by atoms with E-state index in [9.17, 15) is 4.79 Å². The molecule has 0 aliphatic heterocycles. The lowest BCUT2D eigenvalue weighted by Crippen LogP contribution is -2.24. The minimum atomic E-state index is -0.00373. The number of nitrogens with one attached hydrogen (secondary N) is 1. The summed E-state index contributed by atoms with van der Waals surface area (Å²) in [5.41, 5.74) is 7.12. The summed E-state index contributed by atoms with van der Waals surface area (Å²) in [6.45, 7) is 8.73. The highest BCUT2D eigenvalue weighted by Gasteiger charge is 2.16. The van der Waals surface area contributed by atoms with E-state index in [0.717, 1.165) is 28.5 Å². The molecule has 5 heteroatoms. The maximum Gasteiger partial charge on any atom is 0.226 e. The summed E-state index contributed by atoms with van der Waals surface area (Å²) < 4.78 is 1.87. The van der Waals surface area contributed by atoms with E-state index < -0.39 is 0 Å². The molecule has 3 rings (SSSR count). The molecule has 28 heavy (non-hydrogen) atoms. The summed E-state index contributed by atoms with van der Waals surface area (Å²) in [7, 11) is 2.03. The minimum absolute atomic E-state index is 0.00373. The summed E-state index contributed by atoms with van der Waals surface area (Å²) in [4.78, 5) is 14.7. The predicted molar refractivity (Wildman–Crippen MR) is 115 cm³/mol. The summed E-state index contributed by atoms with van der Waals surface area (Å²) in [5.74, 6) is -0.00373. The van der Waals surface area contributed by atoms with Gasteiger partial charge in [-0.05, 0) is 57.0 Å². The van der Waals surface area contributed by atoms with Crippen LogP contribution in [0.2, 0.25) is 0 Å². The van der Waals surface area contributed by atoms with Crippen molar-refractivity contribution < 1.29 is 4.79 Å².